The zero-order valence-electron chi connectivity index (χ0n) is 45.9. The molecule has 0 aliphatic heterocycles. The molecule has 404 valence electrons. The summed E-state index contributed by atoms with van der Waals surface area (Å²) < 4.78 is 30.5. The van der Waals surface area contributed by atoms with Crippen LogP contribution in [0.5, 0.6) is 0 Å². The molecule has 0 aliphatic rings. The van der Waals surface area contributed by atoms with Crippen LogP contribution < -0.4 is 5.32 Å². The Morgan fingerprint density at radius 3 is 1.38 bits per heavy atom. The van der Waals surface area contributed by atoms with Crippen molar-refractivity contribution in [2.45, 2.75) is 213 Å². The molecule has 0 radical (unpaired) electrons. The summed E-state index contributed by atoms with van der Waals surface area (Å²) in [6.45, 7) is 6.68. The van der Waals surface area contributed by atoms with Crippen LogP contribution in [-0.2, 0) is 27.9 Å². The second-order valence-electron chi connectivity index (χ2n) is 19.3. The molecule has 0 saturated carbocycles. The minimum Gasteiger partial charge on any atom is -0.456 e. The highest BCUT2D eigenvalue weighted by molar-refractivity contribution is 7.47. The normalized spacial score (nSPS) is 14.7. The van der Waals surface area contributed by atoms with Gasteiger partial charge in [-0.05, 0) is 109 Å². The number of esters is 1. The highest BCUT2D eigenvalue weighted by Gasteiger charge is 2.30. The number of nitrogens with one attached hydrogen (secondary N) is 1. The lowest BCUT2D eigenvalue weighted by molar-refractivity contribution is -0.870. The summed E-state index contributed by atoms with van der Waals surface area (Å²) in [5.41, 5.74) is 0. The fourth-order valence-electron chi connectivity index (χ4n) is 7.14. The van der Waals surface area contributed by atoms with E-state index in [1.54, 1.807) is 0 Å². The van der Waals surface area contributed by atoms with Crippen molar-refractivity contribution < 1.29 is 37.3 Å². The lowest BCUT2D eigenvalue weighted by Gasteiger charge is -2.27. The number of amides is 1. The van der Waals surface area contributed by atoms with E-state index in [0.29, 0.717) is 23.9 Å². The largest absolute Gasteiger partial charge is 0.472 e. The second kappa shape index (κ2) is 50.0. The van der Waals surface area contributed by atoms with Crippen molar-refractivity contribution in [2.75, 3.05) is 40.9 Å². The first-order chi connectivity index (χ1) is 34.4. The van der Waals surface area contributed by atoms with Crippen LogP contribution in [0.15, 0.2) is 122 Å². The molecule has 9 nitrogen and oxygen atoms in total. The predicted octanol–water partition coefficient (Wildman–Crippen LogP) is 16.8. The van der Waals surface area contributed by atoms with E-state index in [4.69, 9.17) is 13.8 Å². The molecule has 2 N–H and O–H groups in total. The molecule has 0 aromatic carbocycles. The highest BCUT2D eigenvalue weighted by Crippen LogP contribution is 2.43. The lowest BCUT2D eigenvalue weighted by atomic mass is 10.1. The number of carbonyl (C=O) groups excluding carboxylic acids is 2. The van der Waals surface area contributed by atoms with Gasteiger partial charge in [-0.1, -0.05) is 200 Å². The Kier molecular flexibility index (Phi) is 47.4. The van der Waals surface area contributed by atoms with Gasteiger partial charge in [-0.3, -0.25) is 18.6 Å². The first-order valence-corrected chi connectivity index (χ1v) is 29.4. The first kappa shape index (κ1) is 67.4. The van der Waals surface area contributed by atoms with Crippen molar-refractivity contribution in [3.63, 3.8) is 0 Å². The zero-order chi connectivity index (χ0) is 52.2. The molecular weight excluding hydrogens is 904 g/mol. The van der Waals surface area contributed by atoms with Gasteiger partial charge in [0, 0.05) is 12.8 Å². The van der Waals surface area contributed by atoms with Gasteiger partial charge in [0.25, 0.3) is 0 Å². The van der Waals surface area contributed by atoms with E-state index < -0.39 is 25.9 Å². The van der Waals surface area contributed by atoms with Crippen LogP contribution in [-0.4, -0.2) is 74.3 Å². The molecule has 3 atom stereocenters. The van der Waals surface area contributed by atoms with E-state index in [9.17, 15) is 19.0 Å². The van der Waals surface area contributed by atoms with Gasteiger partial charge in [-0.2, -0.15) is 0 Å². The molecule has 0 spiro atoms. The molecule has 0 aromatic heterocycles. The van der Waals surface area contributed by atoms with Gasteiger partial charge in [0.05, 0.1) is 33.8 Å². The Labute approximate surface area is 435 Å². The molecule has 0 saturated heterocycles. The van der Waals surface area contributed by atoms with Crippen molar-refractivity contribution in [1.82, 2.24) is 5.32 Å². The first-order valence-electron chi connectivity index (χ1n) is 27.9. The summed E-state index contributed by atoms with van der Waals surface area (Å²) >= 11 is 0. The fourth-order valence-corrected chi connectivity index (χ4v) is 7.88. The molecule has 0 aromatic rings. The second-order valence-corrected chi connectivity index (χ2v) is 20.8. The Bertz CT molecular complexity index is 1630. The molecule has 0 aliphatic carbocycles. The van der Waals surface area contributed by atoms with Crippen molar-refractivity contribution in [2.24, 2.45) is 0 Å². The number of likely N-dealkylation sites (N-methyl/N-ethyl adjacent to an activating group) is 1. The summed E-state index contributed by atoms with van der Waals surface area (Å²) in [5, 5.41) is 3.01. The number of nitrogens with zero attached hydrogens (tertiary/aromatic N) is 1. The molecule has 0 heterocycles. The molecular formula is C61H104N2O7P+. The quantitative estimate of drug-likeness (QED) is 0.0205. The van der Waals surface area contributed by atoms with Crippen molar-refractivity contribution in [1.29, 1.82) is 0 Å². The number of hydrogen-bond acceptors (Lipinski definition) is 6. The zero-order valence-corrected chi connectivity index (χ0v) is 46.8. The Morgan fingerprint density at radius 2 is 0.915 bits per heavy atom. The number of allylic oxidation sites excluding steroid dienone is 19. The van der Waals surface area contributed by atoms with Crippen LogP contribution in [0.25, 0.3) is 0 Å². The lowest BCUT2D eigenvalue weighted by Crippen LogP contribution is -2.47. The standard InChI is InChI=1S/C61H103N2O7P/c1-7-10-13-16-19-22-25-28-30-32-34-36-39-42-45-48-51-54-61(65)70-59(52-49-46-43-40-37-27-24-21-18-15-12-9-3)58(57-69-71(66,67)68-56-55-63(4,5)6)62-60(64)53-50-47-44-41-38-35-33-31-29-26-23-20-17-14-11-8-2/h10-11,13-14,19-20,22-23,28-31,34-36,38,42,45,49,52,58-59H,7-9,12,15-18,21,24-27,32-33,37,39-41,43-44,46-48,50-51,53-57H2,1-6H3,(H-,62,64,66,67)/p+1/b13-10-,14-11+,22-19-,23-20+,30-28-,31-29+,36-34-,38-35+,45-42-,52-49+. The molecule has 71 heavy (non-hydrogen) atoms. The van der Waals surface area contributed by atoms with Gasteiger partial charge in [-0.15, -0.1) is 0 Å². The number of rotatable bonds is 48. The molecule has 0 bridgehead atoms. The Balaban J connectivity index is 5.54. The van der Waals surface area contributed by atoms with Crippen LogP contribution in [0.1, 0.15) is 201 Å². The third kappa shape index (κ3) is 51.1. The highest BCUT2D eigenvalue weighted by atomic mass is 31.2. The van der Waals surface area contributed by atoms with E-state index in [0.717, 1.165) is 103 Å². The number of ether oxygens (including phenoxy) is 1. The van der Waals surface area contributed by atoms with Crippen LogP contribution in [0.4, 0.5) is 0 Å². The summed E-state index contributed by atoms with van der Waals surface area (Å²) in [7, 11) is 1.42. The monoisotopic (exact) mass is 1010 g/mol. The summed E-state index contributed by atoms with van der Waals surface area (Å²) in [6, 6.07) is -0.895. The van der Waals surface area contributed by atoms with Crippen LogP contribution in [0, 0.1) is 0 Å². The third-order valence-electron chi connectivity index (χ3n) is 11.4. The van der Waals surface area contributed by atoms with Gasteiger partial charge in [0.15, 0.2) is 0 Å². The van der Waals surface area contributed by atoms with E-state index in [2.05, 4.69) is 135 Å². The number of quaternary nitrogens is 1. The minimum atomic E-state index is -4.47. The van der Waals surface area contributed by atoms with Gasteiger partial charge >= 0.3 is 13.8 Å². The third-order valence-corrected chi connectivity index (χ3v) is 12.4. The van der Waals surface area contributed by atoms with Gasteiger partial charge in [0.2, 0.25) is 5.91 Å². The van der Waals surface area contributed by atoms with Crippen LogP contribution >= 0.6 is 7.82 Å². The predicted molar refractivity (Wildman–Crippen MR) is 304 cm³/mol. The Hall–Kier alpha value is -3.59. The van der Waals surface area contributed by atoms with Crippen LogP contribution in [0.3, 0.4) is 0 Å². The topological polar surface area (TPSA) is 111 Å². The molecule has 3 unspecified atom stereocenters. The maximum absolute atomic E-state index is 13.5. The molecule has 10 heteroatoms. The van der Waals surface area contributed by atoms with Gasteiger partial charge in [0.1, 0.15) is 19.3 Å². The van der Waals surface area contributed by atoms with Gasteiger partial charge in [-0.25, -0.2) is 4.57 Å². The average molecular weight is 1010 g/mol. The van der Waals surface area contributed by atoms with Crippen molar-refractivity contribution in [3.8, 4) is 0 Å². The number of hydrogen-bond donors (Lipinski definition) is 2. The van der Waals surface area contributed by atoms with E-state index in [1.165, 1.54) is 51.4 Å². The Morgan fingerprint density at radius 1 is 0.507 bits per heavy atom. The smallest absolute Gasteiger partial charge is 0.456 e. The van der Waals surface area contributed by atoms with E-state index in [-0.39, 0.29) is 32.0 Å². The number of phosphoric acid groups is 1. The average Bonchev–Trinajstić information content (AvgIpc) is 3.33. The summed E-state index contributed by atoms with van der Waals surface area (Å²) in [5.74, 6) is -0.622. The number of unbranched alkanes of at least 4 members (excludes halogenated alkanes) is 14. The molecule has 0 fully saturated rings. The number of carbonyl (C=O) groups is 2. The van der Waals surface area contributed by atoms with Crippen molar-refractivity contribution >= 4 is 19.7 Å². The minimum absolute atomic E-state index is 0.0181. The molecule has 1 amide bonds. The molecule has 0 rings (SSSR count). The number of phosphoric ester groups is 1. The van der Waals surface area contributed by atoms with E-state index in [1.807, 2.05) is 33.3 Å². The summed E-state index contributed by atoms with van der Waals surface area (Å²) in [6.07, 6.45) is 69.2. The van der Waals surface area contributed by atoms with Gasteiger partial charge < -0.3 is 19.4 Å². The maximum Gasteiger partial charge on any atom is 0.472 e. The fraction of sp³-hybridized carbons (Fsp3) is 0.639. The summed E-state index contributed by atoms with van der Waals surface area (Å²) in [4.78, 5) is 37.5. The SMILES string of the molecule is CC/C=C\C/C=C\C/C=C\C/C=C\C/C=C\CCCC(=O)OC(/C=C/CCCCCCCCCCCC)C(COP(=O)(O)OCC[N+](C)(C)C)NC(=O)CCCCC/C=C/C/C=C/C/C=C/C/C=C/CC. The van der Waals surface area contributed by atoms with E-state index >= 15 is 0 Å². The maximum atomic E-state index is 13.5. The van der Waals surface area contributed by atoms with Crippen LogP contribution in [0.2, 0.25) is 0 Å². The van der Waals surface area contributed by atoms with Crippen molar-refractivity contribution in [3.05, 3.63) is 122 Å².